The van der Waals surface area contributed by atoms with Crippen LogP contribution in [0.5, 0.6) is 0 Å². The molecule has 1 N–H and O–H groups in total. The second-order valence-electron chi connectivity index (χ2n) is 7.13. The molecule has 1 amide bonds. The summed E-state index contributed by atoms with van der Waals surface area (Å²) in [7, 11) is 0. The van der Waals surface area contributed by atoms with Crippen molar-refractivity contribution in [2.75, 3.05) is 25.0 Å². The van der Waals surface area contributed by atoms with Crippen molar-refractivity contribution < 1.29 is 9.53 Å². The monoisotopic (exact) mass is 352 g/mol. The maximum Gasteiger partial charge on any atom is 0.227 e. The van der Waals surface area contributed by atoms with Gasteiger partial charge < -0.3 is 10.1 Å². The van der Waals surface area contributed by atoms with Gasteiger partial charge in [-0.25, -0.2) is 0 Å². The fourth-order valence-electron chi connectivity index (χ4n) is 4.07. The van der Waals surface area contributed by atoms with Crippen molar-refractivity contribution in [1.82, 2.24) is 14.9 Å². The fraction of sp³-hybridized carbons (Fsp3) is 0.450. The summed E-state index contributed by atoms with van der Waals surface area (Å²) in [5.41, 5.74) is 1.84. The van der Waals surface area contributed by atoms with Crippen LogP contribution in [0.25, 0.3) is 0 Å². The number of carbonyl (C=O) groups is 1. The lowest BCUT2D eigenvalue weighted by atomic mass is 9.83. The van der Waals surface area contributed by atoms with Gasteiger partial charge in [-0.3, -0.25) is 19.7 Å². The number of carbonyl (C=O) groups excluding carboxylic acids is 1. The maximum absolute atomic E-state index is 12.3. The van der Waals surface area contributed by atoms with Crippen LogP contribution in [0.2, 0.25) is 0 Å². The molecule has 3 atom stereocenters. The zero-order chi connectivity index (χ0) is 17.8. The van der Waals surface area contributed by atoms with Gasteiger partial charge in [0.05, 0.1) is 36.7 Å². The molecule has 2 aromatic rings. The molecule has 6 nitrogen and oxygen atoms in total. The minimum atomic E-state index is -0.000403. The number of anilines is 1. The van der Waals surface area contributed by atoms with E-state index in [0.29, 0.717) is 18.3 Å². The molecule has 6 heteroatoms. The molecule has 2 saturated heterocycles. The Morgan fingerprint density at radius 3 is 3.04 bits per heavy atom. The minimum absolute atomic E-state index is 0.000403. The predicted octanol–water partition coefficient (Wildman–Crippen LogP) is 2.34. The topological polar surface area (TPSA) is 67.3 Å². The van der Waals surface area contributed by atoms with Crippen molar-refractivity contribution in [2.24, 2.45) is 11.8 Å². The number of amides is 1. The van der Waals surface area contributed by atoms with E-state index >= 15 is 0 Å². The van der Waals surface area contributed by atoms with Gasteiger partial charge in [-0.2, -0.15) is 0 Å². The summed E-state index contributed by atoms with van der Waals surface area (Å²) in [4.78, 5) is 23.2. The van der Waals surface area contributed by atoms with Gasteiger partial charge in [-0.15, -0.1) is 0 Å². The Morgan fingerprint density at radius 1 is 1.27 bits per heavy atom. The summed E-state index contributed by atoms with van der Waals surface area (Å²) in [6.45, 7) is 3.67. The van der Waals surface area contributed by atoms with E-state index in [1.165, 1.54) is 0 Å². The summed E-state index contributed by atoms with van der Waals surface area (Å²) >= 11 is 0. The van der Waals surface area contributed by atoms with E-state index < -0.39 is 0 Å². The smallest absolute Gasteiger partial charge is 0.227 e. The predicted molar refractivity (Wildman–Crippen MR) is 98.3 cm³/mol. The van der Waals surface area contributed by atoms with Crippen molar-refractivity contribution in [3.8, 4) is 0 Å². The molecule has 4 heterocycles. The Balaban J connectivity index is 1.29. The number of nitrogens with zero attached hydrogens (tertiary/aromatic N) is 3. The van der Waals surface area contributed by atoms with Crippen LogP contribution in [0.15, 0.2) is 48.9 Å². The third kappa shape index (κ3) is 4.08. The first kappa shape index (κ1) is 17.1. The number of hydrogen-bond acceptors (Lipinski definition) is 5. The fourth-order valence-corrected chi connectivity index (χ4v) is 4.07. The van der Waals surface area contributed by atoms with Gasteiger partial charge in [-0.05, 0) is 43.1 Å². The lowest BCUT2D eigenvalue weighted by molar-refractivity contribution is -0.118. The Bertz CT molecular complexity index is 725. The van der Waals surface area contributed by atoms with Gasteiger partial charge in [0, 0.05) is 31.4 Å². The van der Waals surface area contributed by atoms with E-state index in [4.69, 9.17) is 4.74 Å². The lowest BCUT2D eigenvalue weighted by Crippen LogP contribution is -2.41. The van der Waals surface area contributed by atoms with Crippen molar-refractivity contribution in [1.29, 1.82) is 0 Å². The zero-order valence-corrected chi connectivity index (χ0v) is 14.8. The van der Waals surface area contributed by atoms with E-state index in [-0.39, 0.29) is 12.0 Å². The Morgan fingerprint density at radius 2 is 2.23 bits per heavy atom. The number of piperidine rings is 1. The summed E-state index contributed by atoms with van der Waals surface area (Å²) in [5, 5.41) is 2.91. The third-order valence-corrected chi connectivity index (χ3v) is 5.32. The van der Waals surface area contributed by atoms with Gasteiger partial charge in [0.2, 0.25) is 5.91 Å². The highest BCUT2D eigenvalue weighted by molar-refractivity contribution is 5.90. The maximum atomic E-state index is 12.3. The molecular weight excluding hydrogens is 328 g/mol. The Labute approximate surface area is 153 Å². The number of rotatable bonds is 5. The number of hydrogen-bond donors (Lipinski definition) is 1. The van der Waals surface area contributed by atoms with E-state index in [9.17, 15) is 4.79 Å². The van der Waals surface area contributed by atoms with Gasteiger partial charge in [0.15, 0.2) is 0 Å². The number of likely N-dealkylation sites (tertiary alicyclic amines) is 1. The summed E-state index contributed by atoms with van der Waals surface area (Å²) in [6, 6.07) is 9.71. The highest BCUT2D eigenvalue weighted by Gasteiger charge is 2.41. The van der Waals surface area contributed by atoms with E-state index in [0.717, 1.165) is 44.0 Å². The molecule has 0 radical (unpaired) electrons. The molecule has 0 spiro atoms. The highest BCUT2D eigenvalue weighted by atomic mass is 16.5. The summed E-state index contributed by atoms with van der Waals surface area (Å²) in [6.07, 6.45) is 6.70. The van der Waals surface area contributed by atoms with Crippen LogP contribution < -0.4 is 5.32 Å². The second-order valence-corrected chi connectivity index (χ2v) is 7.13. The normalized spacial score (nSPS) is 25.6. The largest absolute Gasteiger partial charge is 0.377 e. The number of nitrogens with one attached hydrogen (secondary N) is 1. The molecule has 0 aromatic carbocycles. The molecule has 2 aliphatic rings. The SMILES string of the molecule is O=C(C[C@@H]1OC[C@H]2CN(Cc3ccccn3)CC[C@H]21)Nc1cccnc1. The van der Waals surface area contributed by atoms with Crippen LogP contribution in [-0.4, -0.2) is 46.6 Å². The second kappa shape index (κ2) is 7.93. The number of aromatic nitrogens is 2. The molecule has 2 aromatic heterocycles. The van der Waals surface area contributed by atoms with Crippen molar-refractivity contribution >= 4 is 11.6 Å². The summed E-state index contributed by atoms with van der Waals surface area (Å²) in [5.74, 6) is 0.970. The van der Waals surface area contributed by atoms with E-state index in [1.807, 2.05) is 30.5 Å². The van der Waals surface area contributed by atoms with Crippen molar-refractivity contribution in [3.05, 3.63) is 54.6 Å². The minimum Gasteiger partial charge on any atom is -0.377 e. The molecule has 4 rings (SSSR count). The van der Waals surface area contributed by atoms with Gasteiger partial charge in [0.25, 0.3) is 0 Å². The van der Waals surface area contributed by atoms with Crippen molar-refractivity contribution in [2.45, 2.75) is 25.5 Å². The molecule has 26 heavy (non-hydrogen) atoms. The van der Waals surface area contributed by atoms with Crippen LogP contribution in [0, 0.1) is 11.8 Å². The van der Waals surface area contributed by atoms with Crippen LogP contribution in [0.4, 0.5) is 5.69 Å². The standard InChI is InChI=1S/C20H24N4O2/c25-20(23-16-5-3-7-21-11-16)10-19-18-6-9-24(12-15(18)14-26-19)13-17-4-1-2-8-22-17/h1-5,7-8,11,15,18-19H,6,9-10,12-14H2,(H,23,25)/t15-,18-,19+/m1/s1. The quantitative estimate of drug-likeness (QED) is 0.895. The molecule has 0 aliphatic carbocycles. The number of pyridine rings is 2. The average Bonchev–Trinajstić information content (AvgIpc) is 3.05. The number of ether oxygens (including phenoxy) is 1. The van der Waals surface area contributed by atoms with Crippen LogP contribution >= 0.6 is 0 Å². The van der Waals surface area contributed by atoms with Crippen LogP contribution in [0.1, 0.15) is 18.5 Å². The molecule has 136 valence electrons. The first-order valence-corrected chi connectivity index (χ1v) is 9.21. The first-order chi connectivity index (χ1) is 12.8. The van der Waals surface area contributed by atoms with Crippen molar-refractivity contribution in [3.63, 3.8) is 0 Å². The molecule has 0 bridgehead atoms. The molecular formula is C20H24N4O2. The Hall–Kier alpha value is -2.31. The van der Waals surface area contributed by atoms with E-state index in [1.54, 1.807) is 12.4 Å². The van der Waals surface area contributed by atoms with Crippen LogP contribution in [-0.2, 0) is 16.1 Å². The summed E-state index contributed by atoms with van der Waals surface area (Å²) < 4.78 is 5.99. The first-order valence-electron chi connectivity index (χ1n) is 9.21. The van der Waals surface area contributed by atoms with Gasteiger partial charge in [-0.1, -0.05) is 6.07 Å². The highest BCUT2D eigenvalue weighted by Crippen LogP contribution is 2.36. The molecule has 2 aliphatic heterocycles. The van der Waals surface area contributed by atoms with Gasteiger partial charge >= 0.3 is 0 Å². The third-order valence-electron chi connectivity index (χ3n) is 5.32. The number of fused-ring (bicyclic) bond motifs is 1. The van der Waals surface area contributed by atoms with E-state index in [2.05, 4.69) is 26.3 Å². The molecule has 0 unspecified atom stereocenters. The Kier molecular flexibility index (Phi) is 5.22. The van der Waals surface area contributed by atoms with Crippen LogP contribution in [0.3, 0.4) is 0 Å². The lowest BCUT2D eigenvalue weighted by Gasteiger charge is -2.35. The van der Waals surface area contributed by atoms with Gasteiger partial charge in [0.1, 0.15) is 0 Å². The molecule has 0 saturated carbocycles. The average molecular weight is 352 g/mol. The zero-order valence-electron chi connectivity index (χ0n) is 14.8. The molecule has 2 fully saturated rings.